The molecule has 2 amide bonds. The summed E-state index contributed by atoms with van der Waals surface area (Å²) < 4.78 is 5.46. The van der Waals surface area contributed by atoms with Crippen LogP contribution in [0.1, 0.15) is 75.1 Å². The highest BCUT2D eigenvalue weighted by molar-refractivity contribution is 5.95. The van der Waals surface area contributed by atoms with Crippen LogP contribution in [0.3, 0.4) is 0 Å². The van der Waals surface area contributed by atoms with Crippen LogP contribution >= 0.6 is 0 Å². The summed E-state index contributed by atoms with van der Waals surface area (Å²) in [7, 11) is 0. The molecule has 0 spiro atoms. The zero-order chi connectivity index (χ0) is 24.0. The maximum Gasteiger partial charge on any atom is 0.338 e. The van der Waals surface area contributed by atoms with Gasteiger partial charge < -0.3 is 20.7 Å². The summed E-state index contributed by atoms with van der Waals surface area (Å²) in [4.78, 5) is 25.9. The van der Waals surface area contributed by atoms with Crippen molar-refractivity contribution in [2.45, 2.75) is 78.3 Å². The topological polar surface area (TPSA) is 79.5 Å². The fraction of sp³-hybridized carbons (Fsp3) is 0.643. The van der Waals surface area contributed by atoms with E-state index in [0.717, 1.165) is 34.4 Å². The van der Waals surface area contributed by atoms with Crippen molar-refractivity contribution in [3.63, 3.8) is 0 Å². The van der Waals surface area contributed by atoms with E-state index in [-0.39, 0.29) is 12.0 Å². The van der Waals surface area contributed by atoms with Gasteiger partial charge in [-0.05, 0) is 101 Å². The number of aryl methyl sites for hydroxylation is 2. The second-order valence-corrected chi connectivity index (χ2v) is 11.4. The summed E-state index contributed by atoms with van der Waals surface area (Å²) in [6, 6.07) is 5.66. The van der Waals surface area contributed by atoms with Gasteiger partial charge in [-0.2, -0.15) is 0 Å². The van der Waals surface area contributed by atoms with Crippen LogP contribution < -0.4 is 16.0 Å². The van der Waals surface area contributed by atoms with Gasteiger partial charge in [-0.15, -0.1) is 0 Å². The molecule has 1 aromatic carbocycles. The van der Waals surface area contributed by atoms with Crippen molar-refractivity contribution in [1.82, 2.24) is 16.0 Å². The number of carbonyl (C=O) groups is 2. The minimum atomic E-state index is -0.528. The van der Waals surface area contributed by atoms with Gasteiger partial charge in [0.1, 0.15) is 0 Å². The largest absolute Gasteiger partial charge is 0.463 e. The van der Waals surface area contributed by atoms with Gasteiger partial charge >= 0.3 is 12.0 Å². The second-order valence-electron chi connectivity index (χ2n) is 11.4. The molecule has 184 valence electrons. The highest BCUT2D eigenvalue weighted by Crippen LogP contribution is 2.61. The maximum absolute atomic E-state index is 13.2. The first kappa shape index (κ1) is 23.4. The summed E-state index contributed by atoms with van der Waals surface area (Å²) in [6.45, 7) is 8.90. The van der Waals surface area contributed by atoms with Gasteiger partial charge in [-0.3, -0.25) is 0 Å². The van der Waals surface area contributed by atoms with Crippen LogP contribution in [0.15, 0.2) is 29.5 Å². The SMILES string of the molecule is CCOC(=O)C1=C(CN[C@H](C)C23CC4CC(CC(C4)C2)C3)NC(=O)N[C@@H]1c1cc(C)ccc1C. The zero-order valence-electron chi connectivity index (χ0n) is 21.0. The molecule has 4 fully saturated rings. The van der Waals surface area contributed by atoms with Crippen molar-refractivity contribution in [2.24, 2.45) is 23.2 Å². The molecule has 4 bridgehead atoms. The Morgan fingerprint density at radius 3 is 2.41 bits per heavy atom. The minimum absolute atomic E-state index is 0.279. The van der Waals surface area contributed by atoms with Gasteiger partial charge in [0.2, 0.25) is 0 Å². The number of esters is 1. The fourth-order valence-electron chi connectivity index (χ4n) is 7.69. The molecule has 6 heteroatoms. The Kier molecular flexibility index (Phi) is 6.21. The van der Waals surface area contributed by atoms with Gasteiger partial charge in [0, 0.05) is 18.3 Å². The fourth-order valence-corrected chi connectivity index (χ4v) is 7.69. The Bertz CT molecular complexity index is 979. The number of rotatable bonds is 7. The minimum Gasteiger partial charge on any atom is -0.463 e. The van der Waals surface area contributed by atoms with Crippen LogP contribution in [0.25, 0.3) is 0 Å². The highest BCUT2D eigenvalue weighted by Gasteiger charge is 2.53. The summed E-state index contributed by atoms with van der Waals surface area (Å²) in [5.74, 6) is 2.28. The first-order chi connectivity index (χ1) is 16.3. The number of nitrogens with one attached hydrogen (secondary N) is 3. The van der Waals surface area contributed by atoms with E-state index in [1.54, 1.807) is 0 Å². The first-order valence-corrected chi connectivity index (χ1v) is 13.1. The molecule has 6 nitrogen and oxygen atoms in total. The lowest BCUT2D eigenvalue weighted by Crippen LogP contribution is -2.56. The molecular weight excluding hydrogens is 426 g/mol. The molecule has 0 unspecified atom stereocenters. The lowest BCUT2D eigenvalue weighted by atomic mass is 9.48. The van der Waals surface area contributed by atoms with Gasteiger partial charge in [0.15, 0.2) is 0 Å². The van der Waals surface area contributed by atoms with Gasteiger partial charge in [-0.1, -0.05) is 23.8 Å². The second kappa shape index (κ2) is 9.03. The Labute approximate surface area is 203 Å². The average molecular weight is 466 g/mol. The molecule has 0 radical (unpaired) electrons. The lowest BCUT2D eigenvalue weighted by Gasteiger charge is -2.59. The smallest absolute Gasteiger partial charge is 0.338 e. The Morgan fingerprint density at radius 2 is 1.79 bits per heavy atom. The first-order valence-electron chi connectivity index (χ1n) is 13.1. The van der Waals surface area contributed by atoms with Crippen molar-refractivity contribution in [1.29, 1.82) is 0 Å². The Hall–Kier alpha value is -2.34. The molecule has 0 saturated heterocycles. The Morgan fingerprint density at radius 1 is 1.15 bits per heavy atom. The summed E-state index contributed by atoms with van der Waals surface area (Å²) in [5, 5.41) is 9.66. The summed E-state index contributed by atoms with van der Waals surface area (Å²) in [5.41, 5.74) is 4.54. The molecule has 0 aromatic heterocycles. The lowest BCUT2D eigenvalue weighted by molar-refractivity contribution is -0.139. The molecule has 1 heterocycles. The number of benzene rings is 1. The number of hydrogen-bond donors (Lipinski definition) is 3. The number of carbonyl (C=O) groups excluding carboxylic acids is 2. The van der Waals surface area contributed by atoms with E-state index in [4.69, 9.17) is 4.74 Å². The van der Waals surface area contributed by atoms with Gasteiger partial charge in [-0.25, -0.2) is 9.59 Å². The number of urea groups is 1. The van der Waals surface area contributed by atoms with Crippen LogP contribution in [0, 0.1) is 37.0 Å². The number of amides is 2. The van der Waals surface area contributed by atoms with Crippen molar-refractivity contribution < 1.29 is 14.3 Å². The van der Waals surface area contributed by atoms with Crippen molar-refractivity contribution in [3.8, 4) is 0 Å². The third-order valence-corrected chi connectivity index (χ3v) is 8.98. The third-order valence-electron chi connectivity index (χ3n) is 8.98. The van der Waals surface area contributed by atoms with Crippen LogP contribution in [-0.2, 0) is 9.53 Å². The van der Waals surface area contributed by atoms with Crippen molar-refractivity contribution in [3.05, 3.63) is 46.2 Å². The third kappa shape index (κ3) is 4.26. The molecular formula is C28H39N3O3. The van der Waals surface area contributed by atoms with Crippen LogP contribution in [-0.4, -0.2) is 31.2 Å². The van der Waals surface area contributed by atoms with E-state index in [9.17, 15) is 9.59 Å². The van der Waals surface area contributed by atoms with E-state index in [1.807, 2.05) is 39.0 Å². The van der Waals surface area contributed by atoms with Crippen molar-refractivity contribution >= 4 is 12.0 Å². The number of hydrogen-bond acceptors (Lipinski definition) is 4. The van der Waals surface area contributed by atoms with Gasteiger partial charge in [0.25, 0.3) is 0 Å². The van der Waals surface area contributed by atoms with Crippen molar-refractivity contribution in [2.75, 3.05) is 13.2 Å². The molecule has 34 heavy (non-hydrogen) atoms. The molecule has 5 aliphatic rings. The van der Waals surface area contributed by atoms with E-state index in [2.05, 4.69) is 22.9 Å². The number of ether oxygens (including phenoxy) is 1. The highest BCUT2D eigenvalue weighted by atomic mass is 16.5. The van der Waals surface area contributed by atoms with Crippen LogP contribution in [0.2, 0.25) is 0 Å². The van der Waals surface area contributed by atoms with Crippen LogP contribution in [0.4, 0.5) is 4.79 Å². The van der Waals surface area contributed by atoms with E-state index < -0.39 is 6.04 Å². The van der Waals surface area contributed by atoms with Crippen LogP contribution in [0.5, 0.6) is 0 Å². The normalized spacial score (nSPS) is 32.9. The standard InChI is InChI=1S/C28H39N3O3/c1-5-34-26(32)24-23(30-27(33)31-25(24)22-8-16(2)6-7-17(22)3)15-29-18(4)28-12-19-9-20(13-28)11-21(10-19)14-28/h6-8,18-21,25,29H,5,9-15H2,1-4H3,(H2,30,31,33)/t18-,19?,20?,21?,25-,28?/m1/s1. The molecule has 6 rings (SSSR count). The van der Waals surface area contributed by atoms with Gasteiger partial charge in [0.05, 0.1) is 18.2 Å². The molecule has 4 saturated carbocycles. The predicted molar refractivity (Wildman–Crippen MR) is 132 cm³/mol. The monoisotopic (exact) mass is 465 g/mol. The molecule has 4 aliphatic carbocycles. The molecule has 3 N–H and O–H groups in total. The quantitative estimate of drug-likeness (QED) is 0.512. The molecule has 1 aromatic rings. The molecule has 1 aliphatic heterocycles. The zero-order valence-corrected chi connectivity index (χ0v) is 21.0. The van der Waals surface area contributed by atoms with E-state index >= 15 is 0 Å². The predicted octanol–water partition coefficient (Wildman–Crippen LogP) is 4.67. The summed E-state index contributed by atoms with van der Waals surface area (Å²) >= 11 is 0. The van der Waals surface area contributed by atoms with E-state index in [1.165, 1.54) is 38.5 Å². The summed E-state index contributed by atoms with van der Waals surface area (Å²) in [6.07, 6.45) is 8.21. The molecule has 2 atom stereocenters. The van der Waals surface area contributed by atoms with E-state index in [0.29, 0.717) is 35.9 Å². The maximum atomic E-state index is 13.2. The average Bonchev–Trinajstić information content (AvgIpc) is 2.77. The Balaban J connectivity index is 1.43.